The van der Waals surface area contributed by atoms with Crippen molar-refractivity contribution in [2.45, 2.75) is 26.0 Å². The van der Waals surface area contributed by atoms with Crippen molar-refractivity contribution >= 4 is 18.9 Å². The molecule has 0 amide bonds. The van der Waals surface area contributed by atoms with E-state index in [-0.39, 0.29) is 0 Å². The largest absolute Gasteiger partial charge is 0.327 e. The van der Waals surface area contributed by atoms with Crippen LogP contribution in [0.1, 0.15) is 13.8 Å². The van der Waals surface area contributed by atoms with E-state index in [1.165, 1.54) is 0 Å². The van der Waals surface area contributed by atoms with E-state index < -0.39 is 7.65 Å². The van der Waals surface area contributed by atoms with Crippen molar-refractivity contribution in [2.24, 2.45) is 0 Å². The number of nitrogens with zero attached hydrogens (tertiary/aromatic N) is 1. The van der Waals surface area contributed by atoms with E-state index in [1.807, 2.05) is 14.0 Å². The highest BCUT2D eigenvalue weighted by atomic mass is 35.7. The van der Waals surface area contributed by atoms with Crippen molar-refractivity contribution in [1.29, 1.82) is 0 Å². The fourth-order valence-corrected chi connectivity index (χ4v) is 2.61. The second-order valence-corrected chi connectivity index (χ2v) is 4.51. The average Bonchev–Trinajstić information content (AvgIpc) is 1.98. The van der Waals surface area contributed by atoms with Crippen LogP contribution in [0.25, 0.3) is 0 Å². The molecule has 1 aliphatic heterocycles. The van der Waals surface area contributed by atoms with Crippen LogP contribution in [0, 0.1) is 0 Å². The average molecular weight is 168 g/mol. The zero-order chi connectivity index (χ0) is 7.02. The lowest BCUT2D eigenvalue weighted by Gasteiger charge is -2.14. The van der Waals surface area contributed by atoms with Gasteiger partial charge in [0.2, 0.25) is 7.65 Å². The van der Waals surface area contributed by atoms with E-state index >= 15 is 0 Å². The van der Waals surface area contributed by atoms with Gasteiger partial charge >= 0.3 is 0 Å². The van der Waals surface area contributed by atoms with Gasteiger partial charge in [-0.2, -0.15) is 0 Å². The molecule has 0 bridgehead atoms. The molecule has 0 radical (unpaired) electrons. The Bertz CT molecular complexity index is 101. The van der Waals surface area contributed by atoms with E-state index in [9.17, 15) is 0 Å². The summed E-state index contributed by atoms with van der Waals surface area (Å²) in [6, 6.07) is 0.466. The molecule has 0 saturated carbocycles. The Labute approximate surface area is 61.8 Å². The Morgan fingerprint density at radius 1 is 1.56 bits per heavy atom. The lowest BCUT2D eigenvalue weighted by atomic mass is 10.2. The van der Waals surface area contributed by atoms with Crippen molar-refractivity contribution in [2.75, 3.05) is 7.05 Å². The third-order valence-electron chi connectivity index (χ3n) is 1.77. The van der Waals surface area contributed by atoms with Crippen LogP contribution in [0.2, 0.25) is 0 Å². The summed E-state index contributed by atoms with van der Waals surface area (Å²) < 4.78 is 7.41. The highest BCUT2D eigenvalue weighted by molar-refractivity contribution is 7.78. The summed E-state index contributed by atoms with van der Waals surface area (Å²) in [6.45, 7) is 4.17. The SMILES string of the molecule is C[C@H]1OP(Cl)N(C)[C@H]1C. The summed E-state index contributed by atoms with van der Waals surface area (Å²) in [6.07, 6.45) is 0.290. The van der Waals surface area contributed by atoms with Gasteiger partial charge in [-0.1, -0.05) is 0 Å². The highest BCUT2D eigenvalue weighted by Gasteiger charge is 2.33. The summed E-state index contributed by atoms with van der Waals surface area (Å²) in [7, 11) is 1.19. The van der Waals surface area contributed by atoms with Gasteiger partial charge in [-0.15, -0.1) is 0 Å². The summed E-state index contributed by atoms with van der Waals surface area (Å²) >= 11 is 5.82. The maximum absolute atomic E-state index is 5.82. The van der Waals surface area contributed by atoms with Crippen LogP contribution >= 0.6 is 18.9 Å². The topological polar surface area (TPSA) is 12.5 Å². The first-order valence-corrected chi connectivity index (χ1v) is 5.10. The molecule has 1 fully saturated rings. The molecule has 54 valence electrons. The Balaban J connectivity index is 2.54. The molecule has 4 heteroatoms. The number of hydrogen-bond donors (Lipinski definition) is 0. The molecular weight excluding hydrogens is 156 g/mol. The fourth-order valence-electron chi connectivity index (χ4n) is 0.747. The predicted octanol–water partition coefficient (Wildman–Crippen LogP) is 2.19. The van der Waals surface area contributed by atoms with Crippen LogP contribution in [0.3, 0.4) is 0 Å². The van der Waals surface area contributed by atoms with E-state index in [1.54, 1.807) is 0 Å². The third kappa shape index (κ3) is 1.38. The van der Waals surface area contributed by atoms with E-state index in [0.717, 1.165) is 0 Å². The minimum atomic E-state index is -0.799. The fraction of sp³-hybridized carbons (Fsp3) is 1.00. The van der Waals surface area contributed by atoms with Gasteiger partial charge in [-0.25, -0.2) is 4.67 Å². The first kappa shape index (κ1) is 7.74. The molecule has 1 unspecified atom stereocenters. The number of halogens is 1. The van der Waals surface area contributed by atoms with Gasteiger partial charge in [0.1, 0.15) is 0 Å². The van der Waals surface area contributed by atoms with Gasteiger partial charge in [0, 0.05) is 6.04 Å². The van der Waals surface area contributed by atoms with Crippen LogP contribution < -0.4 is 0 Å². The van der Waals surface area contributed by atoms with Gasteiger partial charge in [0.05, 0.1) is 6.10 Å². The number of hydrogen-bond acceptors (Lipinski definition) is 2. The van der Waals surface area contributed by atoms with Gasteiger partial charge in [0.15, 0.2) is 0 Å². The second kappa shape index (κ2) is 2.71. The maximum Gasteiger partial charge on any atom is 0.207 e. The van der Waals surface area contributed by atoms with Gasteiger partial charge in [0.25, 0.3) is 0 Å². The molecular formula is C5H11ClNOP. The zero-order valence-electron chi connectivity index (χ0n) is 5.84. The molecule has 9 heavy (non-hydrogen) atoms. The quantitative estimate of drug-likeness (QED) is 0.513. The second-order valence-electron chi connectivity index (χ2n) is 2.35. The molecule has 0 aromatic carbocycles. The molecule has 1 aliphatic rings. The van der Waals surface area contributed by atoms with Gasteiger partial charge < -0.3 is 4.52 Å². The summed E-state index contributed by atoms with van der Waals surface area (Å²) in [5.74, 6) is 0. The minimum absolute atomic E-state index is 0.290. The Hall–Kier alpha value is 0.640. The molecule has 0 aromatic heterocycles. The lowest BCUT2D eigenvalue weighted by molar-refractivity contribution is 0.236. The predicted molar refractivity (Wildman–Crippen MR) is 40.5 cm³/mol. The molecule has 0 aromatic rings. The van der Waals surface area contributed by atoms with Gasteiger partial charge in [-0.3, -0.25) is 0 Å². The molecule has 1 heterocycles. The van der Waals surface area contributed by atoms with Crippen molar-refractivity contribution in [3.8, 4) is 0 Å². The summed E-state index contributed by atoms with van der Waals surface area (Å²) in [5, 5.41) is 0. The standard InChI is InChI=1S/C5H11ClNOP/c1-4-5(2)8-9(6)7(4)3/h4-5H,1-3H3/t4-,5+,9?/m0/s1. The van der Waals surface area contributed by atoms with Crippen molar-refractivity contribution < 1.29 is 4.52 Å². The van der Waals surface area contributed by atoms with Gasteiger partial charge in [-0.05, 0) is 32.1 Å². The van der Waals surface area contributed by atoms with E-state index in [0.29, 0.717) is 12.1 Å². The third-order valence-corrected chi connectivity index (χ3v) is 4.09. The minimum Gasteiger partial charge on any atom is -0.327 e. The van der Waals surface area contributed by atoms with Crippen LogP contribution in [0.15, 0.2) is 0 Å². The molecule has 1 saturated heterocycles. The number of likely N-dealkylation sites (N-methyl/N-ethyl adjacent to an activating group) is 1. The smallest absolute Gasteiger partial charge is 0.207 e. The summed E-state index contributed by atoms with van der Waals surface area (Å²) in [5.41, 5.74) is 0. The lowest BCUT2D eigenvalue weighted by Crippen LogP contribution is -2.24. The van der Waals surface area contributed by atoms with Crippen LogP contribution in [-0.2, 0) is 4.52 Å². The normalized spacial score (nSPS) is 46.0. The zero-order valence-corrected chi connectivity index (χ0v) is 7.49. The molecule has 1 rings (SSSR count). The monoisotopic (exact) mass is 167 g/mol. The van der Waals surface area contributed by atoms with Crippen LogP contribution in [-0.4, -0.2) is 23.9 Å². The first-order chi connectivity index (χ1) is 4.13. The highest BCUT2D eigenvalue weighted by Crippen LogP contribution is 2.53. The Morgan fingerprint density at radius 2 is 2.11 bits per heavy atom. The molecule has 0 aliphatic carbocycles. The Morgan fingerprint density at radius 3 is 2.22 bits per heavy atom. The summed E-state index contributed by atoms with van der Waals surface area (Å²) in [4.78, 5) is 0. The molecule has 2 nitrogen and oxygen atoms in total. The van der Waals surface area contributed by atoms with Crippen molar-refractivity contribution in [3.05, 3.63) is 0 Å². The van der Waals surface area contributed by atoms with Crippen molar-refractivity contribution in [1.82, 2.24) is 4.67 Å². The molecule has 3 atom stereocenters. The van der Waals surface area contributed by atoms with Crippen molar-refractivity contribution in [3.63, 3.8) is 0 Å². The Kier molecular flexibility index (Phi) is 2.33. The number of rotatable bonds is 0. The van der Waals surface area contributed by atoms with E-state index in [4.69, 9.17) is 15.8 Å². The first-order valence-electron chi connectivity index (χ1n) is 2.98. The maximum atomic E-state index is 5.82. The van der Waals surface area contributed by atoms with Crippen LogP contribution in [0.5, 0.6) is 0 Å². The molecule has 0 N–H and O–H groups in total. The van der Waals surface area contributed by atoms with Crippen LogP contribution in [0.4, 0.5) is 0 Å². The van der Waals surface area contributed by atoms with E-state index in [2.05, 4.69) is 11.6 Å². The molecule has 0 spiro atoms.